The number of carbonyl (C=O) groups is 1. The van der Waals surface area contributed by atoms with E-state index in [-0.39, 0.29) is 11.7 Å². The number of hydrogen-bond acceptors (Lipinski definition) is 5. The van der Waals surface area contributed by atoms with E-state index >= 15 is 0 Å². The van der Waals surface area contributed by atoms with Gasteiger partial charge in [-0.3, -0.25) is 4.79 Å². The summed E-state index contributed by atoms with van der Waals surface area (Å²) in [6, 6.07) is 4.98. The van der Waals surface area contributed by atoms with E-state index in [0.717, 1.165) is 11.3 Å². The second-order valence-corrected chi connectivity index (χ2v) is 4.78. The number of methoxy groups -OCH3 is 1. The number of phenolic OH excluding ortho intramolecular Hbond substituents is 1. The molecule has 6 heteroatoms. The Morgan fingerprint density at radius 1 is 1.40 bits per heavy atom. The van der Waals surface area contributed by atoms with E-state index in [9.17, 15) is 15.0 Å². The zero-order valence-electron chi connectivity index (χ0n) is 11.3. The summed E-state index contributed by atoms with van der Waals surface area (Å²) in [5.74, 6) is 0.369. The molecule has 108 valence electrons. The molecule has 0 bridgehead atoms. The first-order valence-electron chi connectivity index (χ1n) is 6.46. The van der Waals surface area contributed by atoms with Crippen LogP contribution in [0.4, 0.5) is 0 Å². The van der Waals surface area contributed by atoms with E-state index in [2.05, 4.69) is 10.5 Å². The largest absolute Gasteiger partial charge is 0.504 e. The lowest BCUT2D eigenvalue weighted by molar-refractivity contribution is -0.121. The smallest absolute Gasteiger partial charge is 0.240 e. The molecule has 2 rings (SSSR count). The average molecular weight is 278 g/mol. The predicted molar refractivity (Wildman–Crippen MR) is 73.8 cm³/mol. The summed E-state index contributed by atoms with van der Waals surface area (Å²) in [4.78, 5) is 11.0. The Bertz CT molecular complexity index is 528. The lowest BCUT2D eigenvalue weighted by Crippen LogP contribution is -2.28. The summed E-state index contributed by atoms with van der Waals surface area (Å²) in [5, 5.41) is 23.5. The molecule has 0 fully saturated rings. The minimum atomic E-state index is -0.585. The lowest BCUT2D eigenvalue weighted by Gasteiger charge is -2.16. The normalized spacial score (nSPS) is 16.3. The quantitative estimate of drug-likeness (QED) is 0.748. The number of carbonyl (C=O) groups excluding carboxylic acids is 1. The number of nitrogens with one attached hydrogen (secondary N) is 1. The van der Waals surface area contributed by atoms with Gasteiger partial charge >= 0.3 is 0 Å². The Labute approximate surface area is 117 Å². The molecule has 1 aromatic rings. The maximum absolute atomic E-state index is 11.0. The molecule has 1 amide bonds. The number of amides is 1. The predicted octanol–water partition coefficient (Wildman–Crippen LogP) is 0.960. The van der Waals surface area contributed by atoms with Crippen molar-refractivity contribution in [2.75, 3.05) is 7.11 Å². The van der Waals surface area contributed by atoms with E-state index in [1.165, 1.54) is 7.11 Å². The maximum atomic E-state index is 11.0. The number of aromatic hydroxyl groups is 1. The summed E-state index contributed by atoms with van der Waals surface area (Å²) in [7, 11) is 1.48. The first-order chi connectivity index (χ1) is 9.58. The number of nitrogens with zero attached hydrogens (tertiary/aromatic N) is 1. The molecule has 3 N–H and O–H groups in total. The molecule has 0 spiro atoms. The fourth-order valence-corrected chi connectivity index (χ4v) is 2.12. The van der Waals surface area contributed by atoms with Crippen LogP contribution in [0.3, 0.4) is 0 Å². The molecule has 0 aliphatic carbocycles. The highest BCUT2D eigenvalue weighted by Gasteiger charge is 2.16. The van der Waals surface area contributed by atoms with Gasteiger partial charge in [0.15, 0.2) is 11.5 Å². The van der Waals surface area contributed by atoms with Crippen LogP contribution in [0.5, 0.6) is 11.5 Å². The molecule has 1 unspecified atom stereocenters. The van der Waals surface area contributed by atoms with Crippen LogP contribution in [0, 0.1) is 0 Å². The fourth-order valence-electron chi connectivity index (χ4n) is 2.12. The Morgan fingerprint density at radius 2 is 2.20 bits per heavy atom. The van der Waals surface area contributed by atoms with Crippen LogP contribution in [-0.4, -0.2) is 35.0 Å². The Morgan fingerprint density at radius 3 is 2.85 bits per heavy atom. The van der Waals surface area contributed by atoms with Crippen molar-refractivity contribution in [3.05, 3.63) is 23.8 Å². The minimum absolute atomic E-state index is 0.0742. The summed E-state index contributed by atoms with van der Waals surface area (Å²) in [5.41, 5.74) is 4.07. The Balaban J connectivity index is 1.94. The van der Waals surface area contributed by atoms with Crippen molar-refractivity contribution in [3.63, 3.8) is 0 Å². The van der Waals surface area contributed by atoms with Gasteiger partial charge in [-0.2, -0.15) is 5.10 Å². The van der Waals surface area contributed by atoms with Gasteiger partial charge in [0.25, 0.3) is 0 Å². The second kappa shape index (κ2) is 6.38. The minimum Gasteiger partial charge on any atom is -0.504 e. The molecule has 1 aliphatic rings. The van der Waals surface area contributed by atoms with Crippen molar-refractivity contribution < 1.29 is 19.7 Å². The highest BCUT2D eigenvalue weighted by Crippen LogP contribution is 2.27. The highest BCUT2D eigenvalue weighted by molar-refractivity contribution is 5.92. The third kappa shape index (κ3) is 3.71. The number of hydrogen-bond donors (Lipinski definition) is 3. The maximum Gasteiger partial charge on any atom is 0.240 e. The fraction of sp³-hybridized carbons (Fsp3) is 0.429. The van der Waals surface area contributed by atoms with Crippen molar-refractivity contribution in [2.45, 2.75) is 31.8 Å². The van der Waals surface area contributed by atoms with E-state index in [1.807, 2.05) is 0 Å². The number of ether oxygens (including phenoxy) is 1. The molecule has 20 heavy (non-hydrogen) atoms. The third-order valence-corrected chi connectivity index (χ3v) is 3.17. The molecule has 0 saturated carbocycles. The first kappa shape index (κ1) is 14.3. The molecule has 1 aromatic carbocycles. The third-order valence-electron chi connectivity index (χ3n) is 3.17. The van der Waals surface area contributed by atoms with E-state index < -0.39 is 6.10 Å². The molecule has 1 aliphatic heterocycles. The van der Waals surface area contributed by atoms with Gasteiger partial charge < -0.3 is 14.9 Å². The highest BCUT2D eigenvalue weighted by atomic mass is 16.5. The molecule has 1 atom stereocenters. The van der Waals surface area contributed by atoms with Crippen LogP contribution in [-0.2, 0) is 11.2 Å². The second-order valence-electron chi connectivity index (χ2n) is 4.78. The van der Waals surface area contributed by atoms with Gasteiger partial charge in [0, 0.05) is 18.6 Å². The summed E-state index contributed by atoms with van der Waals surface area (Å²) < 4.78 is 5.03. The molecule has 0 radical (unpaired) electrons. The van der Waals surface area contributed by atoms with Crippen LogP contribution in [0.1, 0.15) is 24.8 Å². The van der Waals surface area contributed by atoms with Crippen LogP contribution >= 0.6 is 0 Å². The molecule has 0 saturated heterocycles. The van der Waals surface area contributed by atoms with Crippen LogP contribution in [0.15, 0.2) is 23.3 Å². The van der Waals surface area contributed by atoms with Crippen LogP contribution in [0.25, 0.3) is 0 Å². The molecule has 1 heterocycles. The summed E-state index contributed by atoms with van der Waals surface area (Å²) in [6.45, 7) is 0. The van der Waals surface area contributed by atoms with Gasteiger partial charge in [-0.15, -0.1) is 0 Å². The summed E-state index contributed by atoms with van der Waals surface area (Å²) in [6.07, 6.45) is 1.27. The summed E-state index contributed by atoms with van der Waals surface area (Å²) >= 11 is 0. The number of rotatable bonds is 5. The Kier molecular flexibility index (Phi) is 4.57. The average Bonchev–Trinajstić information content (AvgIpc) is 2.43. The van der Waals surface area contributed by atoms with E-state index in [0.29, 0.717) is 31.4 Å². The number of hydrazone groups is 1. The van der Waals surface area contributed by atoms with Crippen molar-refractivity contribution in [1.29, 1.82) is 0 Å². The zero-order valence-corrected chi connectivity index (χ0v) is 11.3. The standard InChI is InChI=1S/C14H18N2O4/c1-20-13-7-9(2-4-12(13)18)6-11(17)8-10-3-5-14(19)16-15-10/h2,4,7,11,17-18H,3,5-6,8H2,1H3,(H,16,19). The van der Waals surface area contributed by atoms with Crippen molar-refractivity contribution in [3.8, 4) is 11.5 Å². The van der Waals surface area contributed by atoms with Crippen molar-refractivity contribution >= 4 is 11.6 Å². The van der Waals surface area contributed by atoms with Crippen molar-refractivity contribution in [2.24, 2.45) is 5.10 Å². The SMILES string of the molecule is COc1cc(CC(O)CC2=NNC(=O)CC2)ccc1O. The topological polar surface area (TPSA) is 91.2 Å². The monoisotopic (exact) mass is 278 g/mol. The van der Waals surface area contributed by atoms with Crippen LogP contribution in [0.2, 0.25) is 0 Å². The molecule has 0 aromatic heterocycles. The number of phenols is 1. The van der Waals surface area contributed by atoms with E-state index in [1.54, 1.807) is 18.2 Å². The zero-order chi connectivity index (χ0) is 14.5. The van der Waals surface area contributed by atoms with Crippen LogP contribution < -0.4 is 10.2 Å². The van der Waals surface area contributed by atoms with E-state index in [4.69, 9.17) is 4.74 Å². The van der Waals surface area contributed by atoms with Gasteiger partial charge in [-0.1, -0.05) is 6.07 Å². The molecule has 6 nitrogen and oxygen atoms in total. The van der Waals surface area contributed by atoms with Gasteiger partial charge in [0.2, 0.25) is 5.91 Å². The van der Waals surface area contributed by atoms with Gasteiger partial charge in [0.1, 0.15) is 0 Å². The van der Waals surface area contributed by atoms with Gasteiger partial charge in [0.05, 0.1) is 13.2 Å². The van der Waals surface area contributed by atoms with Crippen molar-refractivity contribution in [1.82, 2.24) is 5.43 Å². The van der Waals surface area contributed by atoms with Gasteiger partial charge in [-0.05, 0) is 30.5 Å². The number of aliphatic hydroxyl groups excluding tert-OH is 1. The Hall–Kier alpha value is -2.08. The number of benzene rings is 1. The first-order valence-corrected chi connectivity index (χ1v) is 6.46. The lowest BCUT2D eigenvalue weighted by atomic mass is 10.0. The van der Waals surface area contributed by atoms with Gasteiger partial charge in [-0.25, -0.2) is 5.43 Å². The molecular weight excluding hydrogens is 260 g/mol. The molecular formula is C14H18N2O4. The number of aliphatic hydroxyl groups is 1.